The smallest absolute Gasteiger partial charge is 0.225 e. The lowest BCUT2D eigenvalue weighted by atomic mass is 10.1. The number of fused-ring (bicyclic) bond motifs is 1. The standard InChI is InChI=1S/C21H28N4O/c1-15-12-16(2)25(23-15)20-8-10-24(14-20)11-9-21(26)22-19-7-6-17-4-3-5-18(17)13-19/h6-7,12-13,20H,3-5,8-11,14H2,1-2H3,(H,22,26)/t20-/m1/s1. The molecule has 2 aliphatic rings. The van der Waals surface area contributed by atoms with E-state index in [0.717, 1.165) is 43.9 Å². The average molecular weight is 352 g/mol. The summed E-state index contributed by atoms with van der Waals surface area (Å²) in [5.74, 6) is 0.109. The van der Waals surface area contributed by atoms with Crippen LogP contribution in [0.5, 0.6) is 0 Å². The largest absolute Gasteiger partial charge is 0.326 e. The van der Waals surface area contributed by atoms with Crippen molar-refractivity contribution in [3.8, 4) is 0 Å². The Morgan fingerprint density at radius 2 is 2.08 bits per heavy atom. The first-order valence-corrected chi connectivity index (χ1v) is 9.75. The molecule has 1 fully saturated rings. The number of hydrogen-bond donors (Lipinski definition) is 1. The molecule has 5 nitrogen and oxygen atoms in total. The highest BCUT2D eigenvalue weighted by Crippen LogP contribution is 2.25. The van der Waals surface area contributed by atoms with E-state index >= 15 is 0 Å². The van der Waals surface area contributed by atoms with E-state index in [2.05, 4.69) is 45.1 Å². The van der Waals surface area contributed by atoms with Crippen molar-refractivity contribution in [1.29, 1.82) is 0 Å². The van der Waals surface area contributed by atoms with Crippen molar-refractivity contribution < 1.29 is 4.79 Å². The van der Waals surface area contributed by atoms with Crippen LogP contribution in [0.15, 0.2) is 24.3 Å². The Hall–Kier alpha value is -2.14. The van der Waals surface area contributed by atoms with Gasteiger partial charge in [-0.1, -0.05) is 6.07 Å². The molecule has 1 atom stereocenters. The van der Waals surface area contributed by atoms with Crippen molar-refractivity contribution in [2.24, 2.45) is 0 Å². The Balaban J connectivity index is 1.27. The number of nitrogens with zero attached hydrogens (tertiary/aromatic N) is 3. The number of aromatic nitrogens is 2. The highest BCUT2D eigenvalue weighted by molar-refractivity contribution is 5.91. The topological polar surface area (TPSA) is 50.2 Å². The molecule has 2 heterocycles. The summed E-state index contributed by atoms with van der Waals surface area (Å²) in [6.45, 7) is 6.99. The van der Waals surface area contributed by atoms with Gasteiger partial charge in [-0.05, 0) is 68.9 Å². The third-order valence-electron chi connectivity index (χ3n) is 5.68. The predicted octanol–water partition coefficient (Wildman–Crippen LogP) is 3.26. The average Bonchev–Trinajstić information content (AvgIpc) is 3.32. The number of benzene rings is 1. The molecular weight excluding hydrogens is 324 g/mol. The van der Waals surface area contributed by atoms with Crippen LogP contribution in [0.2, 0.25) is 0 Å². The molecule has 1 amide bonds. The maximum absolute atomic E-state index is 12.3. The summed E-state index contributed by atoms with van der Waals surface area (Å²) in [5, 5.41) is 7.68. The van der Waals surface area contributed by atoms with E-state index in [1.54, 1.807) is 0 Å². The molecular formula is C21H28N4O. The fourth-order valence-electron chi connectivity index (χ4n) is 4.36. The molecule has 138 valence electrons. The number of rotatable bonds is 5. The minimum Gasteiger partial charge on any atom is -0.326 e. The van der Waals surface area contributed by atoms with Crippen LogP contribution in [0.4, 0.5) is 5.69 Å². The molecule has 1 aromatic heterocycles. The fraction of sp³-hybridized carbons (Fsp3) is 0.524. The molecule has 0 saturated carbocycles. The van der Waals surface area contributed by atoms with Crippen molar-refractivity contribution in [2.45, 2.75) is 52.0 Å². The summed E-state index contributed by atoms with van der Waals surface area (Å²) in [7, 11) is 0. The second-order valence-corrected chi connectivity index (χ2v) is 7.75. The molecule has 0 radical (unpaired) electrons. The van der Waals surface area contributed by atoms with Gasteiger partial charge >= 0.3 is 0 Å². The second kappa shape index (κ2) is 7.23. The van der Waals surface area contributed by atoms with Gasteiger partial charge in [0.1, 0.15) is 0 Å². The quantitative estimate of drug-likeness (QED) is 0.898. The first-order valence-electron chi connectivity index (χ1n) is 9.75. The Bertz CT molecular complexity index is 810. The lowest BCUT2D eigenvalue weighted by Gasteiger charge is -2.17. The second-order valence-electron chi connectivity index (χ2n) is 7.75. The first kappa shape index (κ1) is 17.3. The van der Waals surface area contributed by atoms with Gasteiger partial charge in [0.2, 0.25) is 5.91 Å². The van der Waals surface area contributed by atoms with E-state index in [9.17, 15) is 4.79 Å². The van der Waals surface area contributed by atoms with E-state index in [-0.39, 0.29) is 5.91 Å². The van der Waals surface area contributed by atoms with Crippen LogP contribution < -0.4 is 5.32 Å². The van der Waals surface area contributed by atoms with Crippen LogP contribution in [0.3, 0.4) is 0 Å². The van der Waals surface area contributed by atoms with E-state index in [4.69, 9.17) is 0 Å². The number of carbonyl (C=O) groups is 1. The molecule has 0 spiro atoms. The van der Waals surface area contributed by atoms with Crippen LogP contribution in [0.25, 0.3) is 0 Å². The van der Waals surface area contributed by atoms with Crippen LogP contribution in [-0.2, 0) is 17.6 Å². The number of hydrogen-bond acceptors (Lipinski definition) is 3. The van der Waals surface area contributed by atoms with E-state index < -0.39 is 0 Å². The molecule has 0 bridgehead atoms. The maximum atomic E-state index is 12.3. The van der Waals surface area contributed by atoms with Crippen molar-refractivity contribution >= 4 is 11.6 Å². The molecule has 4 rings (SSSR count). The molecule has 1 aliphatic carbocycles. The molecule has 1 saturated heterocycles. The van der Waals surface area contributed by atoms with Crippen molar-refractivity contribution in [2.75, 3.05) is 25.0 Å². The minimum atomic E-state index is 0.109. The van der Waals surface area contributed by atoms with E-state index in [1.165, 1.54) is 29.7 Å². The zero-order valence-electron chi connectivity index (χ0n) is 15.8. The Kier molecular flexibility index (Phi) is 4.81. The number of anilines is 1. The Morgan fingerprint density at radius 3 is 2.88 bits per heavy atom. The SMILES string of the molecule is Cc1cc(C)n([C@@H]2CCN(CCC(=O)Nc3ccc4c(c3)CCC4)C2)n1. The van der Waals surface area contributed by atoms with E-state index in [0.29, 0.717) is 12.5 Å². The van der Waals surface area contributed by atoms with Crippen LogP contribution in [-0.4, -0.2) is 40.2 Å². The third-order valence-corrected chi connectivity index (χ3v) is 5.68. The summed E-state index contributed by atoms with van der Waals surface area (Å²) >= 11 is 0. The van der Waals surface area contributed by atoms with Gasteiger partial charge in [-0.3, -0.25) is 9.48 Å². The number of aryl methyl sites for hydroxylation is 4. The Labute approximate surface area is 155 Å². The predicted molar refractivity (Wildman–Crippen MR) is 104 cm³/mol. The van der Waals surface area contributed by atoms with Gasteiger partial charge in [-0.25, -0.2) is 0 Å². The lowest BCUT2D eigenvalue weighted by molar-refractivity contribution is -0.116. The molecule has 26 heavy (non-hydrogen) atoms. The molecule has 1 aromatic carbocycles. The van der Waals surface area contributed by atoms with Crippen LogP contribution >= 0.6 is 0 Å². The zero-order valence-corrected chi connectivity index (χ0v) is 15.8. The lowest BCUT2D eigenvalue weighted by Crippen LogP contribution is -2.26. The highest BCUT2D eigenvalue weighted by Gasteiger charge is 2.25. The number of nitrogens with one attached hydrogen (secondary N) is 1. The maximum Gasteiger partial charge on any atom is 0.225 e. The number of likely N-dealkylation sites (tertiary alicyclic amines) is 1. The van der Waals surface area contributed by atoms with Gasteiger partial charge in [-0.15, -0.1) is 0 Å². The first-order chi connectivity index (χ1) is 12.6. The molecule has 2 aromatic rings. The molecule has 1 aliphatic heterocycles. The highest BCUT2D eigenvalue weighted by atomic mass is 16.1. The fourth-order valence-corrected chi connectivity index (χ4v) is 4.36. The van der Waals surface area contributed by atoms with Gasteiger partial charge in [0.25, 0.3) is 0 Å². The summed E-state index contributed by atoms with van der Waals surface area (Å²) in [4.78, 5) is 14.7. The molecule has 1 N–H and O–H groups in total. The van der Waals surface area contributed by atoms with Gasteiger partial charge in [0, 0.05) is 37.4 Å². The summed E-state index contributed by atoms with van der Waals surface area (Å²) in [6, 6.07) is 8.92. The third kappa shape index (κ3) is 3.68. The molecule has 5 heteroatoms. The molecule has 0 unspecified atom stereocenters. The summed E-state index contributed by atoms with van der Waals surface area (Å²) < 4.78 is 2.15. The summed E-state index contributed by atoms with van der Waals surface area (Å²) in [6.07, 6.45) is 5.20. The number of carbonyl (C=O) groups excluding carboxylic acids is 1. The zero-order chi connectivity index (χ0) is 18.1. The monoisotopic (exact) mass is 352 g/mol. The van der Waals surface area contributed by atoms with Gasteiger partial charge in [-0.2, -0.15) is 5.10 Å². The van der Waals surface area contributed by atoms with Gasteiger partial charge in [0.05, 0.1) is 11.7 Å². The normalized spacial score (nSPS) is 19.7. The van der Waals surface area contributed by atoms with Crippen molar-refractivity contribution in [3.63, 3.8) is 0 Å². The van der Waals surface area contributed by atoms with Gasteiger partial charge in [0.15, 0.2) is 0 Å². The van der Waals surface area contributed by atoms with Crippen molar-refractivity contribution in [1.82, 2.24) is 14.7 Å². The van der Waals surface area contributed by atoms with Gasteiger partial charge < -0.3 is 10.2 Å². The number of amides is 1. The van der Waals surface area contributed by atoms with Crippen molar-refractivity contribution in [3.05, 3.63) is 46.8 Å². The summed E-state index contributed by atoms with van der Waals surface area (Å²) in [5.41, 5.74) is 6.08. The van der Waals surface area contributed by atoms with Crippen LogP contribution in [0, 0.1) is 13.8 Å². The minimum absolute atomic E-state index is 0.109. The van der Waals surface area contributed by atoms with E-state index in [1.807, 2.05) is 13.0 Å². The van der Waals surface area contributed by atoms with Crippen LogP contribution in [0.1, 0.15) is 47.8 Å². The Morgan fingerprint density at radius 1 is 1.23 bits per heavy atom.